The first-order valence-corrected chi connectivity index (χ1v) is 26.4. The minimum Gasteiger partial charge on any atom is -0.462 e. The Bertz CT molecular complexity index is 893. The second-order valence-electron chi connectivity index (χ2n) is 18.3. The molecule has 6 heteroatoms. The molecule has 0 rings (SSSR count). The quantitative estimate of drug-likeness (QED) is 0.0322. The number of carbonyl (C=O) groups excluding carboxylic acids is 2. The molecule has 0 aromatic heterocycles. The Labute approximate surface area is 368 Å². The van der Waals surface area contributed by atoms with Crippen LogP contribution >= 0.6 is 0 Å². The number of nitrogens with one attached hydrogen (secondary N) is 1. The molecule has 59 heavy (non-hydrogen) atoms. The molecule has 0 aromatic carbocycles. The Hall–Kier alpha value is -1.40. The maximum atomic E-state index is 13.2. The summed E-state index contributed by atoms with van der Waals surface area (Å²) in [7, 11) is 0. The fourth-order valence-electron chi connectivity index (χ4n) is 8.32. The molecule has 0 bridgehead atoms. The monoisotopic (exact) mass is 834 g/mol. The van der Waals surface area contributed by atoms with Crippen LogP contribution in [-0.4, -0.2) is 46.9 Å². The predicted octanol–water partition coefficient (Wildman–Crippen LogP) is 15.7. The first-order chi connectivity index (χ1) is 29.0. The molecular weight excluding hydrogens is 731 g/mol. The highest BCUT2D eigenvalue weighted by Gasteiger charge is 2.24. The van der Waals surface area contributed by atoms with E-state index in [0.29, 0.717) is 19.3 Å². The van der Waals surface area contributed by atoms with Crippen molar-refractivity contribution in [3.8, 4) is 0 Å². The standard InChI is InChI=1S/C53H103NO5/c1-4-7-10-13-16-19-22-24-26-28-30-32-35-38-41-44-49(59-53(58)46-43-40-37-34-21-18-15-12-9-6-3)47-52(57)54-50(48-55)51(56)45-42-39-36-33-31-29-27-25-23-20-17-14-11-8-5-2/h12,15,49-51,55-56H,4-11,13-14,16-48H2,1-3H3,(H,54,57)/b15-12-. The minimum absolute atomic E-state index is 0.0814. The summed E-state index contributed by atoms with van der Waals surface area (Å²) in [6.45, 7) is 6.45. The van der Waals surface area contributed by atoms with E-state index in [2.05, 4.69) is 38.2 Å². The lowest BCUT2D eigenvalue weighted by Crippen LogP contribution is -2.46. The van der Waals surface area contributed by atoms with Gasteiger partial charge in [0.25, 0.3) is 0 Å². The van der Waals surface area contributed by atoms with Crippen LogP contribution in [-0.2, 0) is 14.3 Å². The SMILES string of the molecule is CCC/C=C\CCCCCCCC(=O)OC(CCCCCCCCCCCCCCCCC)CC(=O)NC(CO)C(O)CCCCCCCCCCCCCCCCC. The molecule has 350 valence electrons. The van der Waals surface area contributed by atoms with Crippen molar-refractivity contribution in [2.75, 3.05) is 6.61 Å². The number of hydrogen-bond acceptors (Lipinski definition) is 5. The van der Waals surface area contributed by atoms with Crippen LogP contribution in [0.4, 0.5) is 0 Å². The van der Waals surface area contributed by atoms with Crippen LogP contribution in [0.3, 0.4) is 0 Å². The second kappa shape index (κ2) is 47.6. The zero-order chi connectivity index (χ0) is 43.1. The van der Waals surface area contributed by atoms with Crippen molar-refractivity contribution in [1.82, 2.24) is 5.32 Å². The summed E-state index contributed by atoms with van der Waals surface area (Å²) in [4.78, 5) is 26.1. The van der Waals surface area contributed by atoms with E-state index < -0.39 is 18.2 Å². The van der Waals surface area contributed by atoms with Crippen LogP contribution in [0.15, 0.2) is 12.2 Å². The van der Waals surface area contributed by atoms with Gasteiger partial charge in [-0.2, -0.15) is 0 Å². The van der Waals surface area contributed by atoms with Crippen LogP contribution in [0.25, 0.3) is 0 Å². The van der Waals surface area contributed by atoms with Gasteiger partial charge in [-0.25, -0.2) is 0 Å². The summed E-state index contributed by atoms with van der Waals surface area (Å²) in [6, 6.07) is -0.696. The molecule has 0 radical (unpaired) electrons. The van der Waals surface area contributed by atoms with Gasteiger partial charge in [-0.15, -0.1) is 0 Å². The highest BCUT2D eigenvalue weighted by molar-refractivity contribution is 5.77. The maximum absolute atomic E-state index is 13.2. The third-order valence-corrected chi connectivity index (χ3v) is 12.3. The first kappa shape index (κ1) is 57.6. The van der Waals surface area contributed by atoms with Crippen LogP contribution in [0.1, 0.15) is 290 Å². The number of ether oxygens (including phenoxy) is 1. The molecule has 3 atom stereocenters. The van der Waals surface area contributed by atoms with Crippen molar-refractivity contribution in [3.63, 3.8) is 0 Å². The molecule has 0 aliphatic rings. The van der Waals surface area contributed by atoms with Crippen LogP contribution < -0.4 is 5.32 Å². The largest absolute Gasteiger partial charge is 0.462 e. The highest BCUT2D eigenvalue weighted by Crippen LogP contribution is 2.19. The van der Waals surface area contributed by atoms with Gasteiger partial charge in [0.1, 0.15) is 6.10 Å². The number of carbonyl (C=O) groups is 2. The average molecular weight is 834 g/mol. The second-order valence-corrected chi connectivity index (χ2v) is 18.3. The molecule has 3 N–H and O–H groups in total. The third-order valence-electron chi connectivity index (χ3n) is 12.3. The molecule has 6 nitrogen and oxygen atoms in total. The number of allylic oxidation sites excluding steroid dienone is 2. The summed E-state index contributed by atoms with van der Waals surface area (Å²) >= 11 is 0. The van der Waals surface area contributed by atoms with Gasteiger partial charge in [-0.3, -0.25) is 9.59 Å². The Balaban J connectivity index is 4.48. The van der Waals surface area contributed by atoms with E-state index in [1.54, 1.807) is 0 Å². The number of aliphatic hydroxyl groups is 2. The van der Waals surface area contributed by atoms with Crippen LogP contribution in [0.5, 0.6) is 0 Å². The van der Waals surface area contributed by atoms with E-state index in [1.165, 1.54) is 186 Å². The van der Waals surface area contributed by atoms with Crippen molar-refractivity contribution < 1.29 is 24.5 Å². The van der Waals surface area contributed by atoms with Gasteiger partial charge in [0.05, 0.1) is 25.2 Å². The van der Waals surface area contributed by atoms with E-state index in [9.17, 15) is 19.8 Å². The average Bonchev–Trinajstić information content (AvgIpc) is 3.23. The number of hydrogen-bond donors (Lipinski definition) is 3. The van der Waals surface area contributed by atoms with E-state index in [0.717, 1.165) is 57.8 Å². The van der Waals surface area contributed by atoms with Gasteiger partial charge in [0.2, 0.25) is 5.91 Å². The summed E-state index contributed by atoms with van der Waals surface area (Å²) < 4.78 is 5.93. The molecule has 0 fully saturated rings. The highest BCUT2D eigenvalue weighted by atomic mass is 16.5. The van der Waals surface area contributed by atoms with Gasteiger partial charge >= 0.3 is 5.97 Å². The normalized spacial score (nSPS) is 13.2. The summed E-state index contributed by atoms with van der Waals surface area (Å²) in [5.41, 5.74) is 0. The minimum atomic E-state index is -0.783. The molecule has 1 amide bonds. The fourth-order valence-corrected chi connectivity index (χ4v) is 8.32. The summed E-state index contributed by atoms with van der Waals surface area (Å²) in [5.74, 6) is -0.468. The molecule has 0 aliphatic heterocycles. The predicted molar refractivity (Wildman–Crippen MR) is 255 cm³/mol. The van der Waals surface area contributed by atoms with Crippen molar-refractivity contribution in [3.05, 3.63) is 12.2 Å². The Morgan fingerprint density at radius 3 is 1.27 bits per heavy atom. The van der Waals surface area contributed by atoms with Crippen molar-refractivity contribution in [1.29, 1.82) is 0 Å². The molecule has 0 aromatic rings. The Morgan fingerprint density at radius 1 is 0.475 bits per heavy atom. The topological polar surface area (TPSA) is 95.9 Å². The van der Waals surface area contributed by atoms with E-state index >= 15 is 0 Å². The van der Waals surface area contributed by atoms with Crippen molar-refractivity contribution in [2.24, 2.45) is 0 Å². The number of rotatable bonds is 48. The van der Waals surface area contributed by atoms with Crippen LogP contribution in [0.2, 0.25) is 0 Å². The van der Waals surface area contributed by atoms with Gasteiger partial charge < -0.3 is 20.3 Å². The molecule has 0 saturated carbocycles. The van der Waals surface area contributed by atoms with Crippen molar-refractivity contribution in [2.45, 2.75) is 309 Å². The van der Waals surface area contributed by atoms with Crippen molar-refractivity contribution >= 4 is 11.9 Å². The van der Waals surface area contributed by atoms with E-state index in [-0.39, 0.29) is 24.9 Å². The molecule has 3 unspecified atom stereocenters. The first-order valence-electron chi connectivity index (χ1n) is 26.4. The van der Waals surface area contributed by atoms with Gasteiger partial charge in [0, 0.05) is 6.42 Å². The fraction of sp³-hybridized carbons (Fsp3) is 0.925. The Kier molecular flexibility index (Phi) is 46.5. The molecule has 0 spiro atoms. The summed E-state index contributed by atoms with van der Waals surface area (Å²) in [5, 5.41) is 23.8. The zero-order valence-electron chi connectivity index (χ0n) is 39.9. The molecular formula is C53H103NO5. The maximum Gasteiger partial charge on any atom is 0.306 e. The lowest BCUT2D eigenvalue weighted by molar-refractivity contribution is -0.151. The van der Waals surface area contributed by atoms with Gasteiger partial charge in [-0.05, 0) is 44.9 Å². The van der Waals surface area contributed by atoms with E-state index in [1.807, 2.05) is 0 Å². The smallest absolute Gasteiger partial charge is 0.306 e. The van der Waals surface area contributed by atoms with Crippen LogP contribution in [0, 0.1) is 0 Å². The third kappa shape index (κ3) is 43.1. The van der Waals surface area contributed by atoms with E-state index in [4.69, 9.17) is 4.74 Å². The Morgan fingerprint density at radius 2 is 0.847 bits per heavy atom. The molecule has 0 heterocycles. The summed E-state index contributed by atoms with van der Waals surface area (Å²) in [6.07, 6.45) is 52.7. The molecule has 0 aliphatic carbocycles. The number of aliphatic hydroxyl groups excluding tert-OH is 2. The number of unbranched alkanes of at least 4 members (excludes halogenated alkanes) is 34. The van der Waals surface area contributed by atoms with Gasteiger partial charge in [0.15, 0.2) is 0 Å². The lowest BCUT2D eigenvalue weighted by Gasteiger charge is -2.24. The lowest BCUT2D eigenvalue weighted by atomic mass is 10.0. The molecule has 0 saturated heterocycles. The number of esters is 1. The number of amides is 1. The van der Waals surface area contributed by atoms with Gasteiger partial charge in [-0.1, -0.05) is 245 Å². The zero-order valence-corrected chi connectivity index (χ0v) is 39.9.